The smallest absolute Gasteiger partial charge is 0.159 e. The summed E-state index contributed by atoms with van der Waals surface area (Å²) >= 11 is 5.98. The lowest BCUT2D eigenvalue weighted by Crippen LogP contribution is -2.05. The molecule has 0 fully saturated rings. The molecule has 1 heterocycles. The Labute approximate surface area is 124 Å². The summed E-state index contributed by atoms with van der Waals surface area (Å²) in [6.07, 6.45) is 0. The number of nitrogens with zero attached hydrogens (tertiary/aromatic N) is 2. The van der Waals surface area contributed by atoms with Gasteiger partial charge in [0.1, 0.15) is 11.6 Å². The summed E-state index contributed by atoms with van der Waals surface area (Å²) in [5, 5.41) is 12.6. The fourth-order valence-corrected chi connectivity index (χ4v) is 2.26. The average Bonchev–Trinajstić information content (AvgIpc) is 2.50. The van der Waals surface area contributed by atoms with Crippen molar-refractivity contribution in [1.82, 2.24) is 10.2 Å². The maximum absolute atomic E-state index is 13.6. The Morgan fingerprint density at radius 1 is 1.00 bits per heavy atom. The van der Waals surface area contributed by atoms with Crippen molar-refractivity contribution in [3.63, 3.8) is 0 Å². The fraction of sp³-hybridized carbons (Fsp3) is 0.0667. The van der Waals surface area contributed by atoms with Gasteiger partial charge in [0.2, 0.25) is 0 Å². The molecule has 106 valence electrons. The molecule has 0 bridgehead atoms. The van der Waals surface area contributed by atoms with E-state index in [0.29, 0.717) is 11.0 Å². The SMILES string of the molecule is Fc1ccc(F)c(CNc2nnc(Cl)c3ccccc23)c1. The van der Waals surface area contributed by atoms with E-state index in [1.807, 2.05) is 24.3 Å². The van der Waals surface area contributed by atoms with E-state index in [1.54, 1.807) is 0 Å². The molecule has 0 spiro atoms. The van der Waals surface area contributed by atoms with Gasteiger partial charge in [-0.25, -0.2) is 8.78 Å². The minimum atomic E-state index is -0.486. The number of halogens is 3. The van der Waals surface area contributed by atoms with E-state index < -0.39 is 11.6 Å². The van der Waals surface area contributed by atoms with Crippen LogP contribution < -0.4 is 5.32 Å². The summed E-state index contributed by atoms with van der Waals surface area (Å²) < 4.78 is 26.7. The van der Waals surface area contributed by atoms with Gasteiger partial charge in [-0.1, -0.05) is 35.9 Å². The highest BCUT2D eigenvalue weighted by molar-refractivity contribution is 6.34. The average molecular weight is 306 g/mol. The number of rotatable bonds is 3. The van der Waals surface area contributed by atoms with Crippen LogP contribution in [0.25, 0.3) is 10.8 Å². The van der Waals surface area contributed by atoms with Gasteiger partial charge in [-0.05, 0) is 18.2 Å². The molecular formula is C15H10ClF2N3. The molecule has 21 heavy (non-hydrogen) atoms. The quantitative estimate of drug-likeness (QED) is 0.789. The summed E-state index contributed by atoms with van der Waals surface area (Å²) in [6.45, 7) is 0.101. The Kier molecular flexibility index (Phi) is 3.66. The lowest BCUT2D eigenvalue weighted by atomic mass is 10.1. The lowest BCUT2D eigenvalue weighted by Gasteiger charge is -2.09. The number of fused-ring (bicyclic) bond motifs is 1. The van der Waals surface area contributed by atoms with Gasteiger partial charge in [-0.15, -0.1) is 10.2 Å². The molecule has 0 atom stereocenters. The van der Waals surface area contributed by atoms with Gasteiger partial charge in [0.15, 0.2) is 11.0 Å². The molecule has 3 aromatic rings. The molecule has 0 aliphatic carbocycles. The van der Waals surface area contributed by atoms with Crippen LogP contribution >= 0.6 is 11.6 Å². The predicted molar refractivity (Wildman–Crippen MR) is 78.2 cm³/mol. The predicted octanol–water partition coefficient (Wildman–Crippen LogP) is 4.17. The van der Waals surface area contributed by atoms with E-state index in [0.717, 1.165) is 29.0 Å². The first-order valence-corrected chi connectivity index (χ1v) is 6.61. The Bertz CT molecular complexity index is 808. The normalized spacial score (nSPS) is 10.8. The number of aromatic nitrogens is 2. The van der Waals surface area contributed by atoms with Crippen LogP contribution in [0, 0.1) is 11.6 Å². The molecule has 1 aromatic heterocycles. The second kappa shape index (κ2) is 5.61. The lowest BCUT2D eigenvalue weighted by molar-refractivity contribution is 0.587. The molecule has 1 N–H and O–H groups in total. The van der Waals surface area contributed by atoms with Gasteiger partial charge in [0.25, 0.3) is 0 Å². The molecule has 0 amide bonds. The van der Waals surface area contributed by atoms with Gasteiger partial charge in [0.05, 0.1) is 0 Å². The van der Waals surface area contributed by atoms with Crippen LogP contribution in [0.3, 0.4) is 0 Å². The zero-order valence-corrected chi connectivity index (χ0v) is 11.5. The summed E-state index contributed by atoms with van der Waals surface area (Å²) in [5.74, 6) is -0.492. The Hall–Kier alpha value is -2.27. The van der Waals surface area contributed by atoms with Gasteiger partial charge < -0.3 is 5.32 Å². The number of benzene rings is 2. The Morgan fingerprint density at radius 3 is 2.57 bits per heavy atom. The number of hydrogen-bond donors (Lipinski definition) is 1. The van der Waals surface area contributed by atoms with E-state index in [9.17, 15) is 8.78 Å². The maximum Gasteiger partial charge on any atom is 0.159 e. The van der Waals surface area contributed by atoms with Crippen LogP contribution in [0.15, 0.2) is 42.5 Å². The molecule has 0 saturated heterocycles. The highest BCUT2D eigenvalue weighted by Crippen LogP contribution is 2.26. The standard InChI is InChI=1S/C15H10ClF2N3/c16-14-11-3-1-2-4-12(11)15(21-20-14)19-8-9-7-10(17)5-6-13(9)18/h1-7H,8H2,(H,19,21). The molecule has 6 heteroatoms. The van der Waals surface area contributed by atoms with Crippen LogP contribution in [0.4, 0.5) is 14.6 Å². The second-order valence-corrected chi connectivity index (χ2v) is 4.83. The van der Waals surface area contributed by atoms with Crippen LogP contribution in [-0.2, 0) is 6.54 Å². The van der Waals surface area contributed by atoms with Crippen LogP contribution in [0.2, 0.25) is 5.15 Å². The molecule has 0 saturated carbocycles. The van der Waals surface area contributed by atoms with Gasteiger partial charge in [-0.3, -0.25) is 0 Å². The van der Waals surface area contributed by atoms with Crippen molar-refractivity contribution in [2.45, 2.75) is 6.54 Å². The third kappa shape index (κ3) is 2.78. The van der Waals surface area contributed by atoms with Gasteiger partial charge in [0, 0.05) is 22.9 Å². The van der Waals surface area contributed by atoms with Crippen molar-refractivity contribution in [3.05, 3.63) is 64.8 Å². The van der Waals surface area contributed by atoms with E-state index in [2.05, 4.69) is 15.5 Å². The van der Waals surface area contributed by atoms with Crippen molar-refractivity contribution < 1.29 is 8.78 Å². The molecule has 3 rings (SSSR count). The number of anilines is 1. The first-order valence-electron chi connectivity index (χ1n) is 6.24. The zero-order chi connectivity index (χ0) is 14.8. The molecule has 2 aromatic carbocycles. The maximum atomic E-state index is 13.6. The summed E-state index contributed by atoms with van der Waals surface area (Å²) in [6, 6.07) is 10.7. The van der Waals surface area contributed by atoms with Crippen LogP contribution in [-0.4, -0.2) is 10.2 Å². The van der Waals surface area contributed by atoms with E-state index in [1.165, 1.54) is 0 Å². The third-order valence-corrected chi connectivity index (χ3v) is 3.38. The topological polar surface area (TPSA) is 37.8 Å². The first-order chi connectivity index (χ1) is 10.1. The summed E-state index contributed by atoms with van der Waals surface area (Å²) in [5.41, 5.74) is 0.218. The molecule has 0 aliphatic heterocycles. The zero-order valence-electron chi connectivity index (χ0n) is 10.8. The van der Waals surface area contributed by atoms with Crippen molar-refractivity contribution in [1.29, 1.82) is 0 Å². The van der Waals surface area contributed by atoms with Crippen molar-refractivity contribution in [3.8, 4) is 0 Å². The molecular weight excluding hydrogens is 296 g/mol. The van der Waals surface area contributed by atoms with Crippen LogP contribution in [0.1, 0.15) is 5.56 Å². The number of hydrogen-bond acceptors (Lipinski definition) is 3. The van der Waals surface area contributed by atoms with E-state index in [-0.39, 0.29) is 12.1 Å². The first kappa shape index (κ1) is 13.7. The molecule has 3 nitrogen and oxygen atoms in total. The number of nitrogens with one attached hydrogen (secondary N) is 1. The Balaban J connectivity index is 1.92. The monoisotopic (exact) mass is 305 g/mol. The van der Waals surface area contributed by atoms with Gasteiger partial charge >= 0.3 is 0 Å². The highest BCUT2D eigenvalue weighted by Gasteiger charge is 2.09. The fourth-order valence-electron chi connectivity index (χ4n) is 2.06. The summed E-state index contributed by atoms with van der Waals surface area (Å²) in [7, 11) is 0. The van der Waals surface area contributed by atoms with Crippen molar-refractivity contribution >= 4 is 28.2 Å². The minimum Gasteiger partial charge on any atom is -0.364 e. The minimum absolute atomic E-state index is 0.101. The molecule has 0 aliphatic rings. The van der Waals surface area contributed by atoms with Crippen LogP contribution in [0.5, 0.6) is 0 Å². The summed E-state index contributed by atoms with van der Waals surface area (Å²) in [4.78, 5) is 0. The van der Waals surface area contributed by atoms with E-state index in [4.69, 9.17) is 11.6 Å². The van der Waals surface area contributed by atoms with Crippen molar-refractivity contribution in [2.75, 3.05) is 5.32 Å². The third-order valence-electron chi connectivity index (χ3n) is 3.10. The molecule has 0 unspecified atom stereocenters. The van der Waals surface area contributed by atoms with Gasteiger partial charge in [-0.2, -0.15) is 0 Å². The highest BCUT2D eigenvalue weighted by atomic mass is 35.5. The second-order valence-electron chi connectivity index (χ2n) is 4.47. The Morgan fingerprint density at radius 2 is 1.76 bits per heavy atom. The largest absolute Gasteiger partial charge is 0.364 e. The van der Waals surface area contributed by atoms with E-state index >= 15 is 0 Å². The molecule has 0 radical (unpaired) electrons. The van der Waals surface area contributed by atoms with Crippen molar-refractivity contribution in [2.24, 2.45) is 0 Å².